The topological polar surface area (TPSA) is 58.2 Å². The molecule has 0 atom stereocenters. The quantitative estimate of drug-likeness (QED) is 0.685. The maximum atomic E-state index is 12.2. The second-order valence-corrected chi connectivity index (χ2v) is 7.99. The third-order valence-corrected chi connectivity index (χ3v) is 5.27. The molecular weight excluding hydrogens is 387 g/mol. The molecule has 114 valence electrons. The number of halogens is 3. The van der Waals surface area contributed by atoms with Crippen LogP contribution in [0.3, 0.4) is 0 Å². The van der Waals surface area contributed by atoms with Gasteiger partial charge in [-0.3, -0.25) is 0 Å². The van der Waals surface area contributed by atoms with Gasteiger partial charge in [0.2, 0.25) is 10.0 Å². The maximum absolute atomic E-state index is 12.2. The highest BCUT2D eigenvalue weighted by atomic mass is 79.9. The molecule has 0 aliphatic carbocycles. The summed E-state index contributed by atoms with van der Waals surface area (Å²) in [5.41, 5.74) is 0. The van der Waals surface area contributed by atoms with Crippen LogP contribution in [0.15, 0.2) is 21.5 Å². The van der Waals surface area contributed by atoms with Gasteiger partial charge in [0.15, 0.2) is 0 Å². The summed E-state index contributed by atoms with van der Waals surface area (Å²) in [7, 11) is -3.70. The molecule has 0 aliphatic rings. The highest BCUT2D eigenvalue weighted by molar-refractivity contribution is 9.10. The van der Waals surface area contributed by atoms with Crippen LogP contribution in [0.5, 0.6) is 0 Å². The average Bonchev–Trinajstić information content (AvgIpc) is 2.25. The molecule has 2 N–H and O–H groups in total. The van der Waals surface area contributed by atoms with Crippen molar-refractivity contribution in [1.29, 1.82) is 0 Å². The zero-order chi connectivity index (χ0) is 15.3. The number of sulfonamides is 1. The third kappa shape index (κ3) is 5.50. The fourth-order valence-corrected chi connectivity index (χ4v) is 4.55. The van der Waals surface area contributed by atoms with E-state index in [1.54, 1.807) is 0 Å². The largest absolute Gasteiger partial charge is 0.314 e. The molecule has 0 amide bonds. The third-order valence-electron chi connectivity index (χ3n) is 2.43. The Bertz CT molecular complexity index is 542. The molecule has 1 aromatic carbocycles. The second-order valence-electron chi connectivity index (χ2n) is 4.56. The van der Waals surface area contributed by atoms with E-state index in [9.17, 15) is 8.42 Å². The van der Waals surface area contributed by atoms with Crippen molar-refractivity contribution in [3.63, 3.8) is 0 Å². The Kier molecular flexibility index (Phi) is 7.24. The van der Waals surface area contributed by atoms with Gasteiger partial charge in [-0.25, -0.2) is 13.1 Å². The molecule has 0 aromatic heterocycles. The summed E-state index contributed by atoms with van der Waals surface area (Å²) in [5.74, 6) is 0. The lowest BCUT2D eigenvalue weighted by Crippen LogP contribution is -2.30. The standard InChI is InChI=1S/C12H17BrCl2N2O2S/c1-8(2)16-4-3-5-17-20(18,19)12-10(14)6-9(13)7-11(12)15/h6-8,16-17H,3-5H2,1-2H3. The molecule has 0 fully saturated rings. The van der Waals surface area contributed by atoms with Crippen molar-refractivity contribution >= 4 is 49.2 Å². The van der Waals surface area contributed by atoms with E-state index in [-0.39, 0.29) is 14.9 Å². The summed E-state index contributed by atoms with van der Waals surface area (Å²) in [6.07, 6.45) is 0.684. The number of nitrogens with one attached hydrogen (secondary N) is 2. The fourth-order valence-electron chi connectivity index (χ4n) is 1.54. The lowest BCUT2D eigenvalue weighted by molar-refractivity contribution is 0.554. The highest BCUT2D eigenvalue weighted by Crippen LogP contribution is 2.32. The number of hydrogen-bond acceptors (Lipinski definition) is 3. The molecule has 0 spiro atoms. The van der Waals surface area contributed by atoms with E-state index in [1.807, 2.05) is 13.8 Å². The summed E-state index contributed by atoms with van der Waals surface area (Å²) < 4.78 is 27.5. The van der Waals surface area contributed by atoms with Crippen molar-refractivity contribution in [2.45, 2.75) is 31.2 Å². The molecule has 8 heteroatoms. The van der Waals surface area contributed by atoms with Crippen LogP contribution >= 0.6 is 39.1 Å². The van der Waals surface area contributed by atoms with Crippen LogP contribution in [0.25, 0.3) is 0 Å². The van der Waals surface area contributed by atoms with E-state index in [0.29, 0.717) is 23.5 Å². The number of hydrogen-bond donors (Lipinski definition) is 2. The minimum atomic E-state index is -3.70. The zero-order valence-corrected chi connectivity index (χ0v) is 15.1. The molecule has 0 radical (unpaired) electrons. The zero-order valence-electron chi connectivity index (χ0n) is 11.2. The van der Waals surface area contributed by atoms with Crippen LogP contribution in [0, 0.1) is 0 Å². The molecule has 20 heavy (non-hydrogen) atoms. The molecule has 0 saturated carbocycles. The first-order valence-corrected chi connectivity index (χ1v) is 9.15. The second kappa shape index (κ2) is 7.96. The average molecular weight is 404 g/mol. The van der Waals surface area contributed by atoms with Crippen LogP contribution in [-0.4, -0.2) is 27.5 Å². The molecular formula is C12H17BrCl2N2O2S. The van der Waals surface area contributed by atoms with Crippen molar-refractivity contribution in [1.82, 2.24) is 10.0 Å². The fraction of sp³-hybridized carbons (Fsp3) is 0.500. The molecule has 0 heterocycles. The molecule has 0 saturated heterocycles. The summed E-state index contributed by atoms with van der Waals surface area (Å²) in [4.78, 5) is -0.0825. The Morgan fingerprint density at radius 2 is 1.75 bits per heavy atom. The highest BCUT2D eigenvalue weighted by Gasteiger charge is 2.21. The Hall–Kier alpha value is 0.150. The summed E-state index contributed by atoms with van der Waals surface area (Å²) in [5, 5.41) is 3.40. The summed E-state index contributed by atoms with van der Waals surface area (Å²) >= 11 is 15.1. The first-order valence-electron chi connectivity index (χ1n) is 6.11. The van der Waals surface area contributed by atoms with Gasteiger partial charge in [0, 0.05) is 17.1 Å². The maximum Gasteiger partial charge on any atom is 0.243 e. The first kappa shape index (κ1) is 18.2. The van der Waals surface area contributed by atoms with Gasteiger partial charge in [-0.2, -0.15) is 0 Å². The smallest absolute Gasteiger partial charge is 0.243 e. The Morgan fingerprint density at radius 3 is 2.25 bits per heavy atom. The van der Waals surface area contributed by atoms with Gasteiger partial charge >= 0.3 is 0 Å². The Morgan fingerprint density at radius 1 is 1.20 bits per heavy atom. The van der Waals surface area contributed by atoms with Crippen LogP contribution in [0.1, 0.15) is 20.3 Å². The van der Waals surface area contributed by atoms with Gasteiger partial charge in [0.05, 0.1) is 10.0 Å². The van der Waals surface area contributed by atoms with E-state index in [1.165, 1.54) is 12.1 Å². The van der Waals surface area contributed by atoms with Crippen molar-refractivity contribution in [3.8, 4) is 0 Å². The lowest BCUT2D eigenvalue weighted by atomic mass is 10.3. The SMILES string of the molecule is CC(C)NCCCNS(=O)(=O)c1c(Cl)cc(Br)cc1Cl. The van der Waals surface area contributed by atoms with Crippen LogP contribution < -0.4 is 10.0 Å². The van der Waals surface area contributed by atoms with Crippen LogP contribution in [0.2, 0.25) is 10.0 Å². The monoisotopic (exact) mass is 402 g/mol. The molecule has 1 rings (SSSR count). The molecule has 0 unspecified atom stereocenters. The van der Waals surface area contributed by atoms with Crippen molar-refractivity contribution in [2.24, 2.45) is 0 Å². The minimum absolute atomic E-state index is 0.0825. The van der Waals surface area contributed by atoms with Crippen LogP contribution in [0.4, 0.5) is 0 Å². The predicted octanol–water partition coefficient (Wildman–Crippen LogP) is 3.42. The van der Waals surface area contributed by atoms with Gasteiger partial charge < -0.3 is 5.32 Å². The van der Waals surface area contributed by atoms with E-state index in [4.69, 9.17) is 23.2 Å². The van der Waals surface area contributed by atoms with Gasteiger partial charge in [-0.05, 0) is 25.1 Å². The normalized spacial score (nSPS) is 12.1. The molecule has 0 bridgehead atoms. The van der Waals surface area contributed by atoms with Crippen molar-refractivity contribution in [3.05, 3.63) is 26.7 Å². The molecule has 1 aromatic rings. The number of rotatable bonds is 7. The van der Waals surface area contributed by atoms with Gasteiger partial charge in [0.1, 0.15) is 4.90 Å². The minimum Gasteiger partial charge on any atom is -0.314 e. The van der Waals surface area contributed by atoms with E-state index < -0.39 is 10.0 Å². The number of benzene rings is 1. The van der Waals surface area contributed by atoms with Crippen molar-refractivity contribution in [2.75, 3.05) is 13.1 Å². The summed E-state index contributed by atoms with van der Waals surface area (Å²) in [6, 6.07) is 3.38. The predicted molar refractivity (Wildman–Crippen MR) is 87.1 cm³/mol. The van der Waals surface area contributed by atoms with E-state index in [0.717, 1.165) is 6.54 Å². The Balaban J connectivity index is 2.70. The van der Waals surface area contributed by atoms with Gasteiger partial charge in [0.25, 0.3) is 0 Å². The lowest BCUT2D eigenvalue weighted by Gasteiger charge is -2.11. The van der Waals surface area contributed by atoms with Gasteiger partial charge in [-0.15, -0.1) is 0 Å². The first-order chi connectivity index (χ1) is 9.24. The van der Waals surface area contributed by atoms with E-state index in [2.05, 4.69) is 26.0 Å². The van der Waals surface area contributed by atoms with Crippen molar-refractivity contribution < 1.29 is 8.42 Å². The Labute approximate surface area is 138 Å². The molecule has 0 aliphatic heterocycles. The van der Waals surface area contributed by atoms with Crippen LogP contribution in [-0.2, 0) is 10.0 Å². The van der Waals surface area contributed by atoms with E-state index >= 15 is 0 Å². The summed E-state index contributed by atoms with van der Waals surface area (Å²) in [6.45, 7) is 5.13. The molecule has 4 nitrogen and oxygen atoms in total. The van der Waals surface area contributed by atoms with Gasteiger partial charge in [-0.1, -0.05) is 53.0 Å².